The Morgan fingerprint density at radius 1 is 1.07 bits per heavy atom. The Kier molecular flexibility index (Phi) is 5.33. The second-order valence-corrected chi connectivity index (χ2v) is 7.20. The predicted octanol–water partition coefficient (Wildman–Crippen LogP) is 4.80. The fourth-order valence-electron chi connectivity index (χ4n) is 3.22. The van der Waals surface area contributed by atoms with Gasteiger partial charge in [-0.05, 0) is 41.3 Å². The highest BCUT2D eigenvalue weighted by molar-refractivity contribution is 6.05. The van der Waals surface area contributed by atoms with Gasteiger partial charge in [0.25, 0.3) is 5.91 Å². The summed E-state index contributed by atoms with van der Waals surface area (Å²) in [6.45, 7) is 5.05. The summed E-state index contributed by atoms with van der Waals surface area (Å²) >= 11 is 0. The standard InChI is InChI=1S/C23H23N3O3/c1-15(2)19-5-3-4-6-20(19)26-23(27)17-10-18(13-24-12-17)25-11-16-7-8-21-22(9-16)29-14-28-21/h3-10,12-13,15,25H,11,14H2,1-2H3,(H,26,27). The normalized spacial score (nSPS) is 12.1. The van der Waals surface area contributed by atoms with Crippen LogP contribution >= 0.6 is 0 Å². The molecule has 2 aromatic carbocycles. The third-order valence-electron chi connectivity index (χ3n) is 4.77. The zero-order valence-corrected chi connectivity index (χ0v) is 16.4. The van der Waals surface area contributed by atoms with Crippen LogP contribution in [0.3, 0.4) is 0 Å². The Morgan fingerprint density at radius 3 is 2.76 bits per heavy atom. The van der Waals surface area contributed by atoms with Crippen LogP contribution in [0.25, 0.3) is 0 Å². The molecule has 4 rings (SSSR count). The first-order valence-electron chi connectivity index (χ1n) is 9.58. The van der Waals surface area contributed by atoms with Gasteiger partial charge in [0, 0.05) is 24.6 Å². The summed E-state index contributed by atoms with van der Waals surface area (Å²) < 4.78 is 10.7. The van der Waals surface area contributed by atoms with Gasteiger partial charge >= 0.3 is 0 Å². The number of amides is 1. The van der Waals surface area contributed by atoms with Crippen LogP contribution in [0.15, 0.2) is 60.9 Å². The van der Waals surface area contributed by atoms with Gasteiger partial charge in [0.15, 0.2) is 11.5 Å². The summed E-state index contributed by atoms with van der Waals surface area (Å²) in [7, 11) is 0. The molecule has 29 heavy (non-hydrogen) atoms. The average Bonchev–Trinajstić information content (AvgIpc) is 3.20. The number of nitrogens with one attached hydrogen (secondary N) is 2. The summed E-state index contributed by atoms with van der Waals surface area (Å²) in [6, 6.07) is 15.5. The number of rotatable bonds is 6. The third-order valence-corrected chi connectivity index (χ3v) is 4.77. The van der Waals surface area contributed by atoms with Crippen molar-refractivity contribution in [2.24, 2.45) is 0 Å². The molecular formula is C23H23N3O3. The van der Waals surface area contributed by atoms with Crippen LogP contribution < -0.4 is 20.1 Å². The highest BCUT2D eigenvalue weighted by Crippen LogP contribution is 2.32. The SMILES string of the molecule is CC(C)c1ccccc1NC(=O)c1cncc(NCc2ccc3c(c2)OCO3)c1. The van der Waals surface area contributed by atoms with E-state index in [2.05, 4.69) is 29.5 Å². The molecule has 0 aliphatic carbocycles. The maximum absolute atomic E-state index is 12.7. The second kappa shape index (κ2) is 8.22. The lowest BCUT2D eigenvalue weighted by molar-refractivity contribution is 0.102. The van der Waals surface area contributed by atoms with Crippen molar-refractivity contribution < 1.29 is 14.3 Å². The van der Waals surface area contributed by atoms with E-state index < -0.39 is 0 Å². The zero-order valence-electron chi connectivity index (χ0n) is 16.4. The van der Waals surface area contributed by atoms with Gasteiger partial charge in [-0.25, -0.2) is 0 Å². The summed E-state index contributed by atoms with van der Waals surface area (Å²) in [5.41, 5.74) is 4.25. The lowest BCUT2D eigenvalue weighted by Crippen LogP contribution is -2.14. The first-order valence-corrected chi connectivity index (χ1v) is 9.58. The molecule has 2 N–H and O–H groups in total. The van der Waals surface area contributed by atoms with Crippen molar-refractivity contribution in [2.75, 3.05) is 17.4 Å². The molecule has 6 heteroatoms. The van der Waals surface area contributed by atoms with E-state index in [-0.39, 0.29) is 12.7 Å². The molecule has 2 heterocycles. The molecule has 1 aromatic heterocycles. The van der Waals surface area contributed by atoms with E-state index in [9.17, 15) is 4.79 Å². The summed E-state index contributed by atoms with van der Waals surface area (Å²) in [5.74, 6) is 1.65. The number of para-hydroxylation sites is 1. The molecule has 1 aliphatic heterocycles. The largest absolute Gasteiger partial charge is 0.454 e. The van der Waals surface area contributed by atoms with E-state index in [1.807, 2.05) is 42.5 Å². The van der Waals surface area contributed by atoms with Gasteiger partial charge < -0.3 is 20.1 Å². The maximum atomic E-state index is 12.7. The Morgan fingerprint density at radius 2 is 1.90 bits per heavy atom. The number of nitrogens with zero attached hydrogens (tertiary/aromatic N) is 1. The van der Waals surface area contributed by atoms with Crippen LogP contribution in [0, 0.1) is 0 Å². The number of pyridine rings is 1. The maximum Gasteiger partial charge on any atom is 0.257 e. The number of hydrogen-bond acceptors (Lipinski definition) is 5. The topological polar surface area (TPSA) is 72.5 Å². The molecular weight excluding hydrogens is 366 g/mol. The molecule has 6 nitrogen and oxygen atoms in total. The van der Waals surface area contributed by atoms with Crippen LogP contribution in [0.1, 0.15) is 41.3 Å². The first-order chi connectivity index (χ1) is 14.1. The van der Waals surface area contributed by atoms with E-state index in [1.54, 1.807) is 18.5 Å². The van der Waals surface area contributed by atoms with Gasteiger partial charge in [-0.2, -0.15) is 0 Å². The van der Waals surface area contributed by atoms with Gasteiger partial charge in [0.1, 0.15) is 0 Å². The molecule has 148 valence electrons. The molecule has 0 saturated carbocycles. The van der Waals surface area contributed by atoms with Crippen molar-refractivity contribution in [3.63, 3.8) is 0 Å². The molecule has 0 bridgehead atoms. The Labute approximate surface area is 169 Å². The van der Waals surface area contributed by atoms with Crippen LogP contribution in [0.5, 0.6) is 11.5 Å². The number of carbonyl (C=O) groups excluding carboxylic acids is 1. The molecule has 0 saturated heterocycles. The molecule has 1 aliphatic rings. The van der Waals surface area contributed by atoms with E-state index in [0.717, 1.165) is 34.0 Å². The highest BCUT2D eigenvalue weighted by Gasteiger charge is 2.14. The van der Waals surface area contributed by atoms with E-state index in [0.29, 0.717) is 18.0 Å². The number of hydrogen-bond donors (Lipinski definition) is 2. The number of aromatic nitrogens is 1. The predicted molar refractivity (Wildman–Crippen MR) is 113 cm³/mol. The van der Waals surface area contributed by atoms with Crippen molar-refractivity contribution >= 4 is 17.3 Å². The summed E-state index contributed by atoms with van der Waals surface area (Å²) in [4.78, 5) is 16.9. The monoisotopic (exact) mass is 389 g/mol. The second-order valence-electron chi connectivity index (χ2n) is 7.20. The smallest absolute Gasteiger partial charge is 0.257 e. The number of ether oxygens (including phenoxy) is 2. The third kappa shape index (κ3) is 4.32. The molecule has 0 radical (unpaired) electrons. The lowest BCUT2D eigenvalue weighted by atomic mass is 10.0. The lowest BCUT2D eigenvalue weighted by Gasteiger charge is -2.14. The minimum Gasteiger partial charge on any atom is -0.454 e. The highest BCUT2D eigenvalue weighted by atomic mass is 16.7. The van der Waals surface area contributed by atoms with Gasteiger partial charge in [-0.15, -0.1) is 0 Å². The zero-order chi connectivity index (χ0) is 20.2. The number of benzene rings is 2. The average molecular weight is 389 g/mol. The van der Waals surface area contributed by atoms with Crippen molar-refractivity contribution in [1.29, 1.82) is 0 Å². The summed E-state index contributed by atoms with van der Waals surface area (Å²) in [5, 5.41) is 6.30. The van der Waals surface area contributed by atoms with E-state index in [1.165, 1.54) is 0 Å². The molecule has 0 atom stereocenters. The molecule has 0 unspecified atom stereocenters. The van der Waals surface area contributed by atoms with Gasteiger partial charge in [-0.3, -0.25) is 9.78 Å². The van der Waals surface area contributed by atoms with Crippen molar-refractivity contribution in [2.45, 2.75) is 26.3 Å². The van der Waals surface area contributed by atoms with Gasteiger partial charge in [0.05, 0.1) is 11.3 Å². The van der Waals surface area contributed by atoms with Crippen LogP contribution in [-0.2, 0) is 6.54 Å². The van der Waals surface area contributed by atoms with E-state index >= 15 is 0 Å². The summed E-state index contributed by atoms with van der Waals surface area (Å²) in [6.07, 6.45) is 3.27. The molecule has 0 spiro atoms. The van der Waals surface area contributed by atoms with Crippen molar-refractivity contribution in [3.05, 3.63) is 77.6 Å². The fourth-order valence-corrected chi connectivity index (χ4v) is 3.22. The van der Waals surface area contributed by atoms with Crippen LogP contribution in [0.2, 0.25) is 0 Å². The van der Waals surface area contributed by atoms with Crippen molar-refractivity contribution in [1.82, 2.24) is 4.98 Å². The Hall–Kier alpha value is -3.54. The van der Waals surface area contributed by atoms with Gasteiger partial charge in [-0.1, -0.05) is 38.1 Å². The van der Waals surface area contributed by atoms with E-state index in [4.69, 9.17) is 9.47 Å². The fraction of sp³-hybridized carbons (Fsp3) is 0.217. The van der Waals surface area contributed by atoms with Crippen molar-refractivity contribution in [3.8, 4) is 11.5 Å². The quantitative estimate of drug-likeness (QED) is 0.634. The minimum atomic E-state index is -0.183. The Balaban J connectivity index is 1.44. The Bertz CT molecular complexity index is 1030. The first kappa shape index (κ1) is 18.8. The number of carbonyl (C=O) groups is 1. The minimum absolute atomic E-state index is 0.183. The van der Waals surface area contributed by atoms with Crippen LogP contribution in [0.4, 0.5) is 11.4 Å². The molecule has 3 aromatic rings. The number of anilines is 2. The van der Waals surface area contributed by atoms with Gasteiger partial charge in [0.2, 0.25) is 6.79 Å². The number of fused-ring (bicyclic) bond motifs is 1. The molecule has 0 fully saturated rings. The molecule has 1 amide bonds. The van der Waals surface area contributed by atoms with Crippen LogP contribution in [-0.4, -0.2) is 17.7 Å².